The van der Waals surface area contributed by atoms with Crippen LogP contribution in [-0.4, -0.2) is 28.4 Å². The third-order valence-electron chi connectivity index (χ3n) is 5.83. The molecule has 0 bridgehead atoms. The molecule has 2 aromatic rings. The van der Waals surface area contributed by atoms with E-state index in [-0.39, 0.29) is 11.2 Å². The Bertz CT molecular complexity index is 842. The van der Waals surface area contributed by atoms with Crippen LogP contribution in [0.15, 0.2) is 42.3 Å². The molecule has 1 N–H and O–H groups in total. The summed E-state index contributed by atoms with van der Waals surface area (Å²) in [4.78, 5) is 16.2. The smallest absolute Gasteiger partial charge is 0.202 e. The van der Waals surface area contributed by atoms with Crippen LogP contribution in [0.5, 0.6) is 5.75 Å². The van der Waals surface area contributed by atoms with Crippen LogP contribution in [0.1, 0.15) is 79.2 Å². The van der Waals surface area contributed by atoms with E-state index in [4.69, 9.17) is 0 Å². The number of aromatic hydroxyl groups is 1. The first-order valence-corrected chi connectivity index (χ1v) is 11.5. The lowest BCUT2D eigenvalue weighted by Crippen LogP contribution is -2.36. The van der Waals surface area contributed by atoms with Gasteiger partial charge in [-0.1, -0.05) is 52.2 Å². The summed E-state index contributed by atoms with van der Waals surface area (Å²) >= 11 is 1.46. The molecule has 0 spiro atoms. The monoisotopic (exact) mass is 411 g/mol. The van der Waals surface area contributed by atoms with E-state index in [0.717, 1.165) is 22.5 Å². The van der Waals surface area contributed by atoms with Gasteiger partial charge in [0.15, 0.2) is 0 Å². The number of phenols is 1. The van der Waals surface area contributed by atoms with Gasteiger partial charge in [0.2, 0.25) is 5.78 Å². The van der Waals surface area contributed by atoms with Gasteiger partial charge in [0.25, 0.3) is 0 Å². The summed E-state index contributed by atoms with van der Waals surface area (Å²) in [5, 5.41) is 13.0. The first kappa shape index (κ1) is 21.8. The van der Waals surface area contributed by atoms with E-state index >= 15 is 0 Å². The SMILES string of the molecule is C=CCN(Cc1cc(C(=O)c2cccs2)cc(C(C)(C)C)c1O)C1CCCCC1. The van der Waals surface area contributed by atoms with Crippen LogP contribution in [-0.2, 0) is 12.0 Å². The molecule has 0 amide bonds. The molecule has 1 aliphatic carbocycles. The van der Waals surface area contributed by atoms with E-state index in [1.165, 1.54) is 43.4 Å². The van der Waals surface area contributed by atoms with E-state index in [1.54, 1.807) is 0 Å². The summed E-state index contributed by atoms with van der Waals surface area (Å²) in [6.07, 6.45) is 8.14. The van der Waals surface area contributed by atoms with Crippen LogP contribution >= 0.6 is 11.3 Å². The van der Waals surface area contributed by atoms with Crippen molar-refractivity contribution in [2.75, 3.05) is 6.54 Å². The van der Waals surface area contributed by atoms with Crippen molar-refractivity contribution < 1.29 is 9.90 Å². The van der Waals surface area contributed by atoms with Crippen LogP contribution in [0.2, 0.25) is 0 Å². The highest BCUT2D eigenvalue weighted by atomic mass is 32.1. The second-order valence-electron chi connectivity index (χ2n) is 9.10. The van der Waals surface area contributed by atoms with Gasteiger partial charge in [0, 0.05) is 35.8 Å². The zero-order valence-corrected chi connectivity index (χ0v) is 18.7. The normalized spacial score (nSPS) is 15.6. The first-order chi connectivity index (χ1) is 13.8. The zero-order valence-electron chi connectivity index (χ0n) is 17.9. The molecule has 29 heavy (non-hydrogen) atoms. The van der Waals surface area contributed by atoms with Gasteiger partial charge in [-0.05, 0) is 41.8 Å². The van der Waals surface area contributed by atoms with Crippen LogP contribution in [0.4, 0.5) is 0 Å². The average Bonchev–Trinajstić information content (AvgIpc) is 3.23. The van der Waals surface area contributed by atoms with Gasteiger partial charge >= 0.3 is 0 Å². The number of hydrogen-bond donors (Lipinski definition) is 1. The van der Waals surface area contributed by atoms with Crippen LogP contribution < -0.4 is 0 Å². The summed E-state index contributed by atoms with van der Waals surface area (Å²) < 4.78 is 0. The highest BCUT2D eigenvalue weighted by molar-refractivity contribution is 7.12. The Kier molecular flexibility index (Phi) is 6.97. The van der Waals surface area contributed by atoms with Crippen LogP contribution in [0, 0.1) is 0 Å². The first-order valence-electron chi connectivity index (χ1n) is 10.6. The summed E-state index contributed by atoms with van der Waals surface area (Å²) in [5.41, 5.74) is 2.08. The van der Waals surface area contributed by atoms with Gasteiger partial charge < -0.3 is 5.11 Å². The van der Waals surface area contributed by atoms with E-state index in [0.29, 0.717) is 23.9 Å². The maximum Gasteiger partial charge on any atom is 0.202 e. The van der Waals surface area contributed by atoms with E-state index in [9.17, 15) is 9.90 Å². The topological polar surface area (TPSA) is 40.5 Å². The molecule has 1 heterocycles. The fourth-order valence-electron chi connectivity index (χ4n) is 4.24. The molecule has 1 fully saturated rings. The molecule has 0 unspecified atom stereocenters. The Morgan fingerprint density at radius 1 is 1.28 bits per heavy atom. The minimum atomic E-state index is -0.251. The summed E-state index contributed by atoms with van der Waals surface area (Å²) in [6, 6.07) is 8.04. The van der Waals surface area contributed by atoms with Gasteiger partial charge in [-0.2, -0.15) is 0 Å². The number of carbonyl (C=O) groups is 1. The number of phenolic OH excluding ortho intramolecular Hbond substituents is 1. The molecule has 3 rings (SSSR count). The highest BCUT2D eigenvalue weighted by Gasteiger charge is 2.26. The minimum Gasteiger partial charge on any atom is -0.507 e. The van der Waals surface area contributed by atoms with Crippen molar-refractivity contribution >= 4 is 17.1 Å². The predicted octanol–water partition coefficient (Wildman–Crippen LogP) is 6.30. The summed E-state index contributed by atoms with van der Waals surface area (Å²) in [6.45, 7) is 11.6. The highest BCUT2D eigenvalue weighted by Crippen LogP contribution is 2.36. The number of benzene rings is 1. The molecule has 1 saturated carbocycles. The Morgan fingerprint density at radius 3 is 2.59 bits per heavy atom. The summed E-state index contributed by atoms with van der Waals surface area (Å²) in [5.74, 6) is 0.352. The number of thiophene rings is 1. The van der Waals surface area contributed by atoms with E-state index in [2.05, 4.69) is 32.3 Å². The predicted molar refractivity (Wildman–Crippen MR) is 122 cm³/mol. The van der Waals surface area contributed by atoms with Crippen molar-refractivity contribution in [3.63, 3.8) is 0 Å². The molecule has 156 valence electrons. The van der Waals surface area contributed by atoms with Gasteiger partial charge in [-0.15, -0.1) is 17.9 Å². The van der Waals surface area contributed by atoms with Crippen molar-refractivity contribution in [3.05, 3.63) is 63.9 Å². The minimum absolute atomic E-state index is 0.0275. The molecule has 1 aromatic heterocycles. The number of hydrogen-bond acceptors (Lipinski definition) is 4. The second-order valence-corrected chi connectivity index (χ2v) is 10.0. The Morgan fingerprint density at radius 2 is 2.00 bits per heavy atom. The molecule has 1 aliphatic rings. The molecular formula is C25H33NO2S. The molecule has 4 heteroatoms. The maximum atomic E-state index is 13.1. The lowest BCUT2D eigenvalue weighted by molar-refractivity contribution is 0.104. The number of carbonyl (C=O) groups excluding carboxylic acids is 1. The molecule has 0 saturated heterocycles. The zero-order chi connectivity index (χ0) is 21.0. The van der Waals surface area contributed by atoms with Gasteiger partial charge in [-0.3, -0.25) is 9.69 Å². The number of rotatable bonds is 7. The van der Waals surface area contributed by atoms with E-state index in [1.807, 2.05) is 35.7 Å². The lowest BCUT2D eigenvalue weighted by Gasteiger charge is -2.34. The fraction of sp³-hybridized carbons (Fsp3) is 0.480. The van der Waals surface area contributed by atoms with Crippen LogP contribution in [0.25, 0.3) is 0 Å². The molecule has 1 aromatic carbocycles. The van der Waals surface area contributed by atoms with Crippen molar-refractivity contribution in [1.29, 1.82) is 0 Å². The van der Waals surface area contributed by atoms with Gasteiger partial charge in [0.1, 0.15) is 5.75 Å². The Labute approximate surface area is 179 Å². The average molecular weight is 412 g/mol. The second kappa shape index (κ2) is 9.27. The molecule has 3 nitrogen and oxygen atoms in total. The molecular weight excluding hydrogens is 378 g/mol. The van der Waals surface area contributed by atoms with Crippen molar-refractivity contribution in [3.8, 4) is 5.75 Å². The Hall–Kier alpha value is -1.91. The third kappa shape index (κ3) is 5.18. The van der Waals surface area contributed by atoms with Crippen LogP contribution in [0.3, 0.4) is 0 Å². The molecule has 0 aliphatic heterocycles. The van der Waals surface area contributed by atoms with E-state index < -0.39 is 0 Å². The third-order valence-corrected chi connectivity index (χ3v) is 6.70. The number of nitrogens with zero attached hydrogens (tertiary/aromatic N) is 1. The van der Waals surface area contributed by atoms with Gasteiger partial charge in [0.05, 0.1) is 4.88 Å². The maximum absolute atomic E-state index is 13.1. The molecule has 0 radical (unpaired) electrons. The van der Waals surface area contributed by atoms with Crippen molar-refractivity contribution in [1.82, 2.24) is 4.90 Å². The number of ketones is 1. The van der Waals surface area contributed by atoms with Gasteiger partial charge in [-0.25, -0.2) is 0 Å². The molecule has 0 atom stereocenters. The lowest BCUT2D eigenvalue weighted by atomic mass is 9.83. The summed E-state index contributed by atoms with van der Waals surface area (Å²) in [7, 11) is 0. The Balaban J connectivity index is 2.00. The fourth-order valence-corrected chi connectivity index (χ4v) is 4.93. The van der Waals surface area contributed by atoms with Crippen molar-refractivity contribution in [2.45, 2.75) is 70.9 Å². The largest absolute Gasteiger partial charge is 0.507 e. The standard InChI is InChI=1S/C25H33NO2S/c1-5-13-26(20-10-7-6-8-11-20)17-19-15-18(24(28)22-12-9-14-29-22)16-21(23(19)27)25(2,3)4/h5,9,12,14-16,20,27H,1,6-8,10-11,13,17H2,2-4H3. The van der Waals surface area contributed by atoms with Crippen molar-refractivity contribution in [2.24, 2.45) is 0 Å². The quantitative estimate of drug-likeness (QED) is 0.429.